The first kappa shape index (κ1) is 19.5. The number of hydrogen-bond donors (Lipinski definition) is 2. The highest BCUT2D eigenvalue weighted by atomic mass is 32.2. The van der Waals surface area contributed by atoms with Gasteiger partial charge < -0.3 is 10.6 Å². The molecule has 0 heterocycles. The first-order valence-corrected chi connectivity index (χ1v) is 9.07. The fourth-order valence-corrected chi connectivity index (χ4v) is 2.66. The molecule has 1 aliphatic rings. The molecule has 2 atom stereocenters. The fourth-order valence-electron chi connectivity index (χ4n) is 2.47. The highest BCUT2D eigenvalue weighted by molar-refractivity contribution is 7.99. The van der Waals surface area contributed by atoms with Crippen molar-refractivity contribution < 1.29 is 13.2 Å². The Balaban J connectivity index is 2.64. The Hall–Kier alpha value is -0.590. The summed E-state index contributed by atoms with van der Waals surface area (Å²) in [6.07, 6.45) is -0.295. The summed E-state index contributed by atoms with van der Waals surface area (Å²) in [5.74, 6) is -0.568. The number of hydrogen-bond acceptors (Lipinski definition) is 2. The van der Waals surface area contributed by atoms with E-state index in [1.54, 1.807) is 11.8 Å². The van der Waals surface area contributed by atoms with Crippen LogP contribution in [0.15, 0.2) is 4.99 Å². The Bertz CT molecular complexity index is 370. The number of aliphatic imine (C=N–C) groups is 1. The van der Waals surface area contributed by atoms with Gasteiger partial charge in [-0.3, -0.25) is 4.99 Å². The van der Waals surface area contributed by atoms with Crippen molar-refractivity contribution in [2.24, 2.45) is 10.9 Å². The van der Waals surface area contributed by atoms with Crippen molar-refractivity contribution in [3.8, 4) is 0 Å². The van der Waals surface area contributed by atoms with Crippen LogP contribution in [0.4, 0.5) is 13.2 Å². The average Bonchev–Trinajstić information content (AvgIpc) is 2.44. The van der Waals surface area contributed by atoms with E-state index in [2.05, 4.69) is 29.5 Å². The van der Waals surface area contributed by atoms with Gasteiger partial charge in [0.15, 0.2) is 5.96 Å². The van der Waals surface area contributed by atoms with Crippen molar-refractivity contribution in [2.45, 2.75) is 63.4 Å². The van der Waals surface area contributed by atoms with Gasteiger partial charge in [-0.1, -0.05) is 6.42 Å². The summed E-state index contributed by atoms with van der Waals surface area (Å²) in [5, 5.41) is 6.31. The molecule has 0 aromatic carbocycles. The first-order valence-electron chi connectivity index (χ1n) is 7.84. The molecule has 0 aromatic rings. The average molecular weight is 339 g/mol. The van der Waals surface area contributed by atoms with E-state index in [1.165, 1.54) is 0 Å². The van der Waals surface area contributed by atoms with Gasteiger partial charge in [-0.15, -0.1) is 0 Å². The molecule has 0 amide bonds. The molecule has 7 heteroatoms. The van der Waals surface area contributed by atoms with Gasteiger partial charge in [0.1, 0.15) is 0 Å². The third-order valence-electron chi connectivity index (χ3n) is 3.99. The largest absolute Gasteiger partial charge is 0.391 e. The van der Waals surface area contributed by atoms with Crippen LogP contribution < -0.4 is 10.6 Å². The number of alkyl halides is 3. The van der Waals surface area contributed by atoms with Gasteiger partial charge in [0.2, 0.25) is 0 Å². The molecular weight excluding hydrogens is 311 g/mol. The van der Waals surface area contributed by atoms with Crippen molar-refractivity contribution in [3.63, 3.8) is 0 Å². The van der Waals surface area contributed by atoms with Crippen LogP contribution in [-0.4, -0.2) is 42.3 Å². The minimum Gasteiger partial charge on any atom is -0.357 e. The Morgan fingerprint density at radius 2 is 1.95 bits per heavy atom. The van der Waals surface area contributed by atoms with E-state index in [9.17, 15) is 13.2 Å². The number of guanidine groups is 1. The second-order valence-electron chi connectivity index (χ2n) is 6.41. The summed E-state index contributed by atoms with van der Waals surface area (Å²) < 4.78 is 38.6. The van der Waals surface area contributed by atoms with Crippen LogP contribution in [0, 0.1) is 5.92 Å². The molecule has 0 bridgehead atoms. The van der Waals surface area contributed by atoms with Crippen LogP contribution in [0.1, 0.15) is 46.5 Å². The van der Waals surface area contributed by atoms with Crippen LogP contribution in [0.5, 0.6) is 0 Å². The Labute approximate surface area is 135 Å². The minimum atomic E-state index is -4.09. The lowest BCUT2D eigenvalue weighted by Gasteiger charge is -2.32. The van der Waals surface area contributed by atoms with Crippen LogP contribution >= 0.6 is 11.8 Å². The molecule has 3 nitrogen and oxygen atoms in total. The maximum Gasteiger partial charge on any atom is 0.391 e. The van der Waals surface area contributed by atoms with Crippen LogP contribution in [0.2, 0.25) is 0 Å². The van der Waals surface area contributed by atoms with Gasteiger partial charge in [-0.2, -0.15) is 24.9 Å². The zero-order chi connectivity index (χ0) is 16.8. The summed E-state index contributed by atoms with van der Waals surface area (Å²) in [6, 6.07) is -0.157. The van der Waals surface area contributed by atoms with Gasteiger partial charge in [-0.25, -0.2) is 0 Å². The molecule has 130 valence electrons. The van der Waals surface area contributed by atoms with Crippen molar-refractivity contribution in [1.29, 1.82) is 0 Å². The predicted octanol–water partition coefficient (Wildman–Crippen LogP) is 3.80. The second kappa shape index (κ2) is 8.31. The zero-order valence-corrected chi connectivity index (χ0v) is 14.7. The maximum absolute atomic E-state index is 12.9. The van der Waals surface area contributed by atoms with E-state index in [-0.39, 0.29) is 23.6 Å². The van der Waals surface area contributed by atoms with Crippen LogP contribution in [-0.2, 0) is 0 Å². The standard InChI is InChI=1S/C15H28F3N3S/c1-5-19-13(20-10-14(2,3)22-4)21-12-8-6-7-11(9-12)15(16,17)18/h11-12H,5-10H2,1-4H3,(H2,19,20,21). The summed E-state index contributed by atoms with van der Waals surface area (Å²) in [4.78, 5) is 4.53. The molecule has 1 saturated carbocycles. The molecule has 1 rings (SSSR count). The van der Waals surface area contributed by atoms with E-state index in [0.29, 0.717) is 25.5 Å². The first-order chi connectivity index (χ1) is 10.2. The SMILES string of the molecule is CCNC(=NCC(C)(C)SC)NC1CCCC(C(F)(F)F)C1. The predicted molar refractivity (Wildman–Crippen MR) is 88.5 cm³/mol. The molecule has 1 aliphatic carbocycles. The van der Waals surface area contributed by atoms with Gasteiger partial charge in [0, 0.05) is 17.3 Å². The normalized spacial score (nSPS) is 24.2. The van der Waals surface area contributed by atoms with E-state index in [1.807, 2.05) is 13.2 Å². The number of thioether (sulfide) groups is 1. The Morgan fingerprint density at radius 3 is 2.50 bits per heavy atom. The number of halogens is 3. The topological polar surface area (TPSA) is 36.4 Å². The van der Waals surface area contributed by atoms with Crippen LogP contribution in [0.25, 0.3) is 0 Å². The third kappa shape index (κ3) is 6.67. The van der Waals surface area contributed by atoms with E-state index in [4.69, 9.17) is 0 Å². The lowest BCUT2D eigenvalue weighted by Crippen LogP contribution is -2.47. The minimum absolute atomic E-state index is 0.0173. The second-order valence-corrected chi connectivity index (χ2v) is 7.92. The lowest BCUT2D eigenvalue weighted by atomic mass is 9.85. The third-order valence-corrected chi connectivity index (χ3v) is 5.23. The van der Waals surface area contributed by atoms with E-state index < -0.39 is 12.1 Å². The Kier molecular flexibility index (Phi) is 7.35. The summed E-state index contributed by atoms with van der Waals surface area (Å²) >= 11 is 1.73. The van der Waals surface area contributed by atoms with Crippen molar-refractivity contribution in [3.05, 3.63) is 0 Å². The number of nitrogens with zero attached hydrogens (tertiary/aromatic N) is 1. The molecule has 0 aliphatic heterocycles. The number of rotatable bonds is 5. The van der Waals surface area contributed by atoms with E-state index in [0.717, 1.165) is 6.42 Å². The maximum atomic E-state index is 12.9. The van der Waals surface area contributed by atoms with Gasteiger partial charge in [0.05, 0.1) is 12.5 Å². The number of nitrogens with one attached hydrogen (secondary N) is 2. The quantitative estimate of drug-likeness (QED) is 0.591. The van der Waals surface area contributed by atoms with Crippen molar-refractivity contribution >= 4 is 17.7 Å². The molecule has 22 heavy (non-hydrogen) atoms. The summed E-state index contributed by atoms with van der Waals surface area (Å²) in [5.41, 5.74) is 0. The highest BCUT2D eigenvalue weighted by Crippen LogP contribution is 2.37. The molecular formula is C15H28F3N3S. The summed E-state index contributed by atoms with van der Waals surface area (Å²) in [7, 11) is 0. The van der Waals surface area contributed by atoms with Crippen LogP contribution in [0.3, 0.4) is 0 Å². The Morgan fingerprint density at radius 1 is 1.27 bits per heavy atom. The molecule has 1 fully saturated rings. The molecule has 0 saturated heterocycles. The molecule has 0 radical (unpaired) electrons. The van der Waals surface area contributed by atoms with Crippen molar-refractivity contribution in [1.82, 2.24) is 10.6 Å². The smallest absolute Gasteiger partial charge is 0.357 e. The fraction of sp³-hybridized carbons (Fsp3) is 0.933. The molecule has 0 spiro atoms. The summed E-state index contributed by atoms with van der Waals surface area (Å²) in [6.45, 7) is 7.48. The lowest BCUT2D eigenvalue weighted by molar-refractivity contribution is -0.183. The van der Waals surface area contributed by atoms with Gasteiger partial charge >= 0.3 is 6.18 Å². The van der Waals surface area contributed by atoms with E-state index >= 15 is 0 Å². The zero-order valence-electron chi connectivity index (χ0n) is 13.9. The molecule has 0 aromatic heterocycles. The molecule has 2 unspecified atom stereocenters. The van der Waals surface area contributed by atoms with Gasteiger partial charge in [0.25, 0.3) is 0 Å². The van der Waals surface area contributed by atoms with Gasteiger partial charge in [-0.05, 0) is 46.3 Å². The molecule has 2 N–H and O–H groups in total. The monoisotopic (exact) mass is 339 g/mol. The van der Waals surface area contributed by atoms with Crippen molar-refractivity contribution in [2.75, 3.05) is 19.3 Å². The highest BCUT2D eigenvalue weighted by Gasteiger charge is 2.42.